The first-order valence-electron chi connectivity index (χ1n) is 13.7. The predicted molar refractivity (Wildman–Crippen MR) is 148 cm³/mol. The van der Waals surface area contributed by atoms with Gasteiger partial charge in [0.05, 0.1) is 30.4 Å². The summed E-state index contributed by atoms with van der Waals surface area (Å²) in [6.45, 7) is 4.19. The lowest BCUT2D eigenvalue weighted by molar-refractivity contribution is 0.0367. The van der Waals surface area contributed by atoms with Gasteiger partial charge in [0.15, 0.2) is 5.75 Å². The fourth-order valence-electron chi connectivity index (χ4n) is 5.14. The van der Waals surface area contributed by atoms with Crippen molar-refractivity contribution in [2.24, 2.45) is 5.92 Å². The van der Waals surface area contributed by atoms with Gasteiger partial charge in [-0.1, -0.05) is 32.3 Å². The zero-order valence-electron chi connectivity index (χ0n) is 22.9. The lowest BCUT2D eigenvalue weighted by Gasteiger charge is -2.38. The van der Waals surface area contributed by atoms with Crippen LogP contribution in [0.4, 0.5) is 10.5 Å². The molecule has 1 aliphatic heterocycles. The summed E-state index contributed by atoms with van der Waals surface area (Å²) >= 11 is 0. The molecule has 1 aromatic carbocycles. The predicted octanol–water partition coefficient (Wildman–Crippen LogP) is 3.53. The molecule has 0 spiro atoms. The van der Waals surface area contributed by atoms with Crippen molar-refractivity contribution in [2.75, 3.05) is 32.1 Å². The lowest BCUT2D eigenvalue weighted by atomic mass is 9.96. The Labute approximate surface area is 229 Å². The van der Waals surface area contributed by atoms with Crippen LogP contribution in [0, 0.1) is 5.92 Å². The average Bonchev–Trinajstić information content (AvgIpc) is 2.95. The van der Waals surface area contributed by atoms with E-state index in [-0.39, 0.29) is 54.3 Å². The van der Waals surface area contributed by atoms with Gasteiger partial charge in [-0.3, -0.25) is 14.6 Å². The molecule has 4 rings (SSSR count). The number of hydrogen-bond acceptors (Lipinski definition) is 6. The number of rotatable bonds is 7. The largest absolute Gasteiger partial charge is 0.485 e. The summed E-state index contributed by atoms with van der Waals surface area (Å²) in [4.78, 5) is 46.9. The van der Waals surface area contributed by atoms with E-state index in [9.17, 15) is 19.5 Å². The van der Waals surface area contributed by atoms with Crippen LogP contribution in [0.15, 0.2) is 42.7 Å². The second-order valence-electron chi connectivity index (χ2n) is 10.7. The van der Waals surface area contributed by atoms with Crippen molar-refractivity contribution in [3.8, 4) is 5.75 Å². The van der Waals surface area contributed by atoms with Crippen LogP contribution < -0.4 is 15.4 Å². The second-order valence-corrected chi connectivity index (χ2v) is 10.7. The van der Waals surface area contributed by atoms with Gasteiger partial charge in [0.25, 0.3) is 11.8 Å². The number of carbonyl (C=O) groups is 3. The molecule has 210 valence electrons. The Kier molecular flexibility index (Phi) is 9.40. The Hall–Kier alpha value is -3.66. The van der Waals surface area contributed by atoms with E-state index >= 15 is 0 Å². The fraction of sp³-hybridized carbons (Fsp3) is 0.517. The number of para-hydroxylation sites is 1. The highest BCUT2D eigenvalue weighted by molar-refractivity contribution is 6.07. The van der Waals surface area contributed by atoms with E-state index in [1.165, 1.54) is 18.8 Å². The Balaban J connectivity index is 1.62. The van der Waals surface area contributed by atoms with Crippen LogP contribution in [0.5, 0.6) is 5.75 Å². The molecule has 0 radical (unpaired) electrons. The Bertz CT molecular complexity index is 1150. The molecular weight excluding hydrogens is 498 g/mol. The number of aliphatic hydroxyl groups is 1. The molecule has 39 heavy (non-hydrogen) atoms. The van der Waals surface area contributed by atoms with Crippen molar-refractivity contribution in [2.45, 2.75) is 64.1 Å². The summed E-state index contributed by atoms with van der Waals surface area (Å²) < 4.78 is 6.50. The molecule has 3 atom stereocenters. The molecule has 2 heterocycles. The summed E-state index contributed by atoms with van der Waals surface area (Å²) in [5, 5.41) is 15.9. The highest BCUT2D eigenvalue weighted by Gasteiger charge is 2.35. The quantitative estimate of drug-likeness (QED) is 0.497. The molecule has 0 unspecified atom stereocenters. The third-order valence-corrected chi connectivity index (χ3v) is 7.62. The van der Waals surface area contributed by atoms with E-state index in [1.807, 2.05) is 6.92 Å². The summed E-state index contributed by atoms with van der Waals surface area (Å²) in [6.07, 6.45) is 8.00. The number of hydrogen-bond donors (Lipinski definition) is 3. The van der Waals surface area contributed by atoms with Gasteiger partial charge in [-0.15, -0.1) is 0 Å². The molecule has 2 aromatic rings. The number of fused-ring (bicyclic) bond motifs is 1. The number of anilines is 1. The van der Waals surface area contributed by atoms with Gasteiger partial charge in [0, 0.05) is 43.5 Å². The van der Waals surface area contributed by atoms with Gasteiger partial charge >= 0.3 is 6.03 Å². The average molecular weight is 538 g/mol. The zero-order valence-corrected chi connectivity index (χ0v) is 22.9. The number of nitrogens with one attached hydrogen (secondary N) is 2. The number of ether oxygens (including phenoxy) is 1. The van der Waals surface area contributed by atoms with Gasteiger partial charge in [-0.2, -0.15) is 0 Å². The van der Waals surface area contributed by atoms with E-state index in [4.69, 9.17) is 4.74 Å². The molecule has 10 heteroatoms. The summed E-state index contributed by atoms with van der Waals surface area (Å²) in [5.74, 6) is -0.582. The topological polar surface area (TPSA) is 124 Å². The van der Waals surface area contributed by atoms with Gasteiger partial charge in [-0.05, 0) is 44.0 Å². The van der Waals surface area contributed by atoms with Crippen LogP contribution in [-0.2, 0) is 0 Å². The van der Waals surface area contributed by atoms with Crippen LogP contribution >= 0.6 is 0 Å². The standard InChI is InChI=1S/C29H39N5O5/c1-19-16-34(20(2)18-35)28(37)23-10-7-11-24(32-27(36)21-12-14-30-15-13-21)26(23)39-25(19)17-33(3)29(38)31-22-8-5-4-6-9-22/h7,10-15,19-20,22,25,35H,4-6,8-9,16-18H2,1-3H3,(H,31,38)(H,32,36)/t19-,20+,25+/m0/s1. The molecule has 1 fully saturated rings. The summed E-state index contributed by atoms with van der Waals surface area (Å²) in [6, 6.07) is 7.83. The van der Waals surface area contributed by atoms with Crippen molar-refractivity contribution >= 4 is 23.5 Å². The number of pyridine rings is 1. The first-order valence-corrected chi connectivity index (χ1v) is 13.7. The molecule has 2 aliphatic rings. The molecule has 1 aliphatic carbocycles. The first kappa shape index (κ1) is 28.4. The molecule has 3 N–H and O–H groups in total. The maximum atomic E-state index is 13.6. The third kappa shape index (κ3) is 6.86. The van der Waals surface area contributed by atoms with Crippen LogP contribution in [0.25, 0.3) is 0 Å². The van der Waals surface area contributed by atoms with Crippen molar-refractivity contribution in [1.82, 2.24) is 20.1 Å². The van der Waals surface area contributed by atoms with E-state index in [0.717, 1.165) is 25.7 Å². The van der Waals surface area contributed by atoms with Gasteiger partial charge in [-0.25, -0.2) is 4.79 Å². The molecule has 10 nitrogen and oxygen atoms in total. The number of benzene rings is 1. The molecule has 0 bridgehead atoms. The van der Waals surface area contributed by atoms with E-state index in [1.54, 1.807) is 54.1 Å². The second kappa shape index (κ2) is 12.9. The lowest BCUT2D eigenvalue weighted by Crippen LogP contribution is -2.52. The van der Waals surface area contributed by atoms with E-state index < -0.39 is 12.1 Å². The smallest absolute Gasteiger partial charge is 0.317 e. The zero-order chi connectivity index (χ0) is 27.9. The Morgan fingerprint density at radius 1 is 1.18 bits per heavy atom. The van der Waals surface area contributed by atoms with E-state index in [2.05, 4.69) is 15.6 Å². The minimum absolute atomic E-state index is 0.157. The van der Waals surface area contributed by atoms with Crippen molar-refractivity contribution in [3.05, 3.63) is 53.9 Å². The summed E-state index contributed by atoms with van der Waals surface area (Å²) in [5.41, 5.74) is 1.06. The normalized spacial score (nSPS) is 20.6. The van der Waals surface area contributed by atoms with Crippen LogP contribution in [0.1, 0.15) is 66.7 Å². The van der Waals surface area contributed by atoms with Gasteiger partial charge in [0.1, 0.15) is 6.10 Å². The molecule has 1 aromatic heterocycles. The highest BCUT2D eigenvalue weighted by Crippen LogP contribution is 2.35. The van der Waals surface area contributed by atoms with Crippen molar-refractivity contribution in [3.63, 3.8) is 0 Å². The Morgan fingerprint density at radius 2 is 1.90 bits per heavy atom. The number of nitrogens with zero attached hydrogens (tertiary/aromatic N) is 3. The highest BCUT2D eigenvalue weighted by atomic mass is 16.5. The number of carbonyl (C=O) groups excluding carboxylic acids is 3. The van der Waals surface area contributed by atoms with Gasteiger partial charge < -0.3 is 30.3 Å². The maximum absolute atomic E-state index is 13.6. The molecule has 4 amide bonds. The van der Waals surface area contributed by atoms with Crippen LogP contribution in [-0.4, -0.2) is 82.7 Å². The molecule has 0 saturated heterocycles. The van der Waals surface area contributed by atoms with Crippen molar-refractivity contribution in [1.29, 1.82) is 0 Å². The number of amides is 4. The van der Waals surface area contributed by atoms with Crippen molar-refractivity contribution < 1.29 is 24.2 Å². The monoisotopic (exact) mass is 537 g/mol. The van der Waals surface area contributed by atoms with Gasteiger partial charge in [0.2, 0.25) is 0 Å². The third-order valence-electron chi connectivity index (χ3n) is 7.62. The minimum Gasteiger partial charge on any atom is -0.485 e. The summed E-state index contributed by atoms with van der Waals surface area (Å²) in [7, 11) is 1.74. The number of likely N-dealkylation sites (N-methyl/N-ethyl adjacent to an activating group) is 1. The number of aromatic nitrogens is 1. The first-order chi connectivity index (χ1) is 18.8. The van der Waals surface area contributed by atoms with E-state index in [0.29, 0.717) is 17.8 Å². The maximum Gasteiger partial charge on any atom is 0.317 e. The fourth-order valence-corrected chi connectivity index (χ4v) is 5.14. The minimum atomic E-state index is -0.480. The number of aliphatic hydroxyl groups excluding tert-OH is 1. The SMILES string of the molecule is C[C@H](CO)N1C[C@H](C)[C@@H](CN(C)C(=O)NC2CCCCC2)Oc2c(NC(=O)c3ccncc3)cccc2C1=O. The Morgan fingerprint density at radius 3 is 2.59 bits per heavy atom. The number of urea groups is 1. The molecular formula is C29H39N5O5. The molecule has 1 saturated carbocycles. The van der Waals surface area contributed by atoms with Crippen LogP contribution in [0.3, 0.4) is 0 Å². The van der Waals surface area contributed by atoms with Crippen LogP contribution in [0.2, 0.25) is 0 Å².